The minimum absolute atomic E-state index is 0.0221. The first-order valence-corrected chi connectivity index (χ1v) is 8.73. The molecule has 1 N–H and O–H groups in total. The maximum absolute atomic E-state index is 12.2. The largest absolute Gasteiger partial charge is 0.352 e. The lowest BCUT2D eigenvalue weighted by Crippen LogP contribution is -2.37. The summed E-state index contributed by atoms with van der Waals surface area (Å²) in [4.78, 5) is 23.6. The van der Waals surface area contributed by atoms with E-state index in [2.05, 4.69) is 20.2 Å². The van der Waals surface area contributed by atoms with Crippen molar-refractivity contribution in [2.24, 2.45) is 7.05 Å². The Hall–Kier alpha value is -2.37. The summed E-state index contributed by atoms with van der Waals surface area (Å²) in [6.07, 6.45) is 9.31. The molecule has 1 fully saturated rings. The highest BCUT2D eigenvalue weighted by Crippen LogP contribution is 2.35. The number of carbonyl (C=O) groups excluding carboxylic acids is 1. The highest BCUT2D eigenvalue weighted by Gasteiger charge is 2.32. The number of fused-ring (bicyclic) bond motifs is 1. The zero-order chi connectivity index (χ0) is 16.5. The summed E-state index contributed by atoms with van der Waals surface area (Å²) >= 11 is 0. The van der Waals surface area contributed by atoms with Crippen molar-refractivity contribution in [2.45, 2.75) is 38.1 Å². The van der Waals surface area contributed by atoms with E-state index in [1.54, 1.807) is 6.33 Å². The Bertz CT molecular complexity index is 750. The molecule has 0 saturated heterocycles. The number of carbonyl (C=O) groups is 1. The molecule has 0 atom stereocenters. The molecule has 4 rings (SSSR count). The summed E-state index contributed by atoms with van der Waals surface area (Å²) in [6, 6.07) is 4.29. The van der Waals surface area contributed by atoms with Crippen molar-refractivity contribution >= 4 is 11.7 Å². The van der Waals surface area contributed by atoms with E-state index in [4.69, 9.17) is 0 Å². The zero-order valence-corrected chi connectivity index (χ0v) is 14.0. The van der Waals surface area contributed by atoms with Gasteiger partial charge in [-0.05, 0) is 44.2 Å². The van der Waals surface area contributed by atoms with Gasteiger partial charge in [0.1, 0.15) is 17.8 Å². The summed E-state index contributed by atoms with van der Waals surface area (Å²) in [6.45, 7) is 1.42. The molecule has 0 aliphatic heterocycles. The smallest absolute Gasteiger partial charge is 0.267 e. The van der Waals surface area contributed by atoms with Crippen LogP contribution in [-0.4, -0.2) is 39.6 Å². The number of hydrogen-bond donors (Lipinski definition) is 1. The molecule has 6 nitrogen and oxygen atoms in total. The van der Waals surface area contributed by atoms with E-state index in [1.165, 1.54) is 30.5 Å². The molecule has 126 valence electrons. The van der Waals surface area contributed by atoms with Gasteiger partial charge in [-0.1, -0.05) is 0 Å². The molecule has 0 bridgehead atoms. The topological polar surface area (TPSA) is 63.1 Å². The number of aromatic nitrogens is 3. The highest BCUT2D eigenvalue weighted by molar-refractivity contribution is 5.92. The number of nitrogens with one attached hydrogen (secondary N) is 1. The van der Waals surface area contributed by atoms with Crippen LogP contribution in [0.1, 0.15) is 41.0 Å². The Labute approximate surface area is 141 Å². The molecule has 1 saturated carbocycles. The Balaban J connectivity index is 1.43. The van der Waals surface area contributed by atoms with E-state index in [0.717, 1.165) is 25.2 Å². The second-order valence-corrected chi connectivity index (χ2v) is 6.66. The van der Waals surface area contributed by atoms with E-state index in [1.807, 2.05) is 29.9 Å². The lowest BCUT2D eigenvalue weighted by molar-refractivity contribution is 0.0946. The minimum Gasteiger partial charge on any atom is -0.352 e. The first-order valence-electron chi connectivity index (χ1n) is 8.73. The Morgan fingerprint density at radius 1 is 1.38 bits per heavy atom. The van der Waals surface area contributed by atoms with Crippen molar-refractivity contribution in [3.63, 3.8) is 0 Å². The van der Waals surface area contributed by atoms with Crippen molar-refractivity contribution in [3.05, 3.63) is 41.6 Å². The molecule has 6 heteroatoms. The van der Waals surface area contributed by atoms with Gasteiger partial charge in [-0.25, -0.2) is 9.97 Å². The number of hydrogen-bond acceptors (Lipinski definition) is 4. The summed E-state index contributed by atoms with van der Waals surface area (Å²) < 4.78 is 1.84. The van der Waals surface area contributed by atoms with Crippen molar-refractivity contribution in [1.82, 2.24) is 19.9 Å². The number of anilines is 1. The zero-order valence-electron chi connectivity index (χ0n) is 14.0. The molecule has 0 spiro atoms. The van der Waals surface area contributed by atoms with E-state index in [9.17, 15) is 4.79 Å². The van der Waals surface area contributed by atoms with Crippen LogP contribution in [0.2, 0.25) is 0 Å². The molecule has 2 aromatic heterocycles. The number of nitrogens with zero attached hydrogens (tertiary/aromatic N) is 4. The summed E-state index contributed by atoms with van der Waals surface area (Å²) in [5.41, 5.74) is 3.22. The van der Waals surface area contributed by atoms with Gasteiger partial charge in [-0.15, -0.1) is 0 Å². The second-order valence-electron chi connectivity index (χ2n) is 6.66. The molecule has 0 radical (unpaired) electrons. The lowest BCUT2D eigenvalue weighted by atomic mass is 10.2. The predicted octanol–water partition coefficient (Wildman–Crippen LogP) is 1.70. The molecular formula is C18H23N5O. The molecule has 1 amide bonds. The average molecular weight is 325 g/mol. The second kappa shape index (κ2) is 6.26. The van der Waals surface area contributed by atoms with Gasteiger partial charge in [0, 0.05) is 43.6 Å². The van der Waals surface area contributed by atoms with Crippen molar-refractivity contribution in [3.8, 4) is 0 Å². The third-order valence-electron chi connectivity index (χ3n) is 4.93. The SMILES string of the molecule is Cn1cccc1C(=O)NCCN(c1ncnc2c1CCC2)C1CC1. The van der Waals surface area contributed by atoms with Gasteiger partial charge in [0.15, 0.2) is 0 Å². The maximum atomic E-state index is 12.2. The standard InChI is InChI=1S/C18H23N5O/c1-22-10-3-6-16(22)18(24)19-9-11-23(13-7-8-13)17-14-4-2-5-15(14)20-12-21-17/h3,6,10,12-13H,2,4-5,7-9,11H2,1H3,(H,19,24). The highest BCUT2D eigenvalue weighted by atomic mass is 16.1. The third-order valence-corrected chi connectivity index (χ3v) is 4.93. The Morgan fingerprint density at radius 2 is 2.25 bits per heavy atom. The quantitative estimate of drug-likeness (QED) is 0.878. The number of rotatable bonds is 6. The molecule has 24 heavy (non-hydrogen) atoms. The van der Waals surface area contributed by atoms with Crippen LogP contribution in [0.3, 0.4) is 0 Å². The average Bonchev–Trinajstić information content (AvgIpc) is 3.13. The molecular weight excluding hydrogens is 302 g/mol. The molecule has 2 aromatic rings. The maximum Gasteiger partial charge on any atom is 0.267 e. The van der Waals surface area contributed by atoms with E-state index in [0.29, 0.717) is 18.3 Å². The normalized spacial score (nSPS) is 16.0. The van der Waals surface area contributed by atoms with Crippen molar-refractivity contribution in [2.75, 3.05) is 18.0 Å². The minimum atomic E-state index is -0.0221. The van der Waals surface area contributed by atoms with Crippen molar-refractivity contribution < 1.29 is 4.79 Å². The summed E-state index contributed by atoms with van der Waals surface area (Å²) in [5.74, 6) is 1.07. The summed E-state index contributed by atoms with van der Waals surface area (Å²) in [5, 5.41) is 3.03. The molecule has 2 heterocycles. The van der Waals surface area contributed by atoms with Crippen LogP contribution in [0.25, 0.3) is 0 Å². The number of amides is 1. The van der Waals surface area contributed by atoms with E-state index in [-0.39, 0.29) is 5.91 Å². The summed E-state index contributed by atoms with van der Waals surface area (Å²) in [7, 11) is 1.88. The van der Waals surface area contributed by atoms with Crippen LogP contribution in [0.15, 0.2) is 24.7 Å². The van der Waals surface area contributed by atoms with Gasteiger partial charge in [-0.3, -0.25) is 4.79 Å². The first-order chi connectivity index (χ1) is 11.7. The molecule has 2 aliphatic carbocycles. The first kappa shape index (κ1) is 15.2. The van der Waals surface area contributed by atoms with Gasteiger partial charge in [0.25, 0.3) is 5.91 Å². The van der Waals surface area contributed by atoms with Crippen LogP contribution >= 0.6 is 0 Å². The fourth-order valence-corrected chi connectivity index (χ4v) is 3.51. The monoisotopic (exact) mass is 325 g/mol. The fourth-order valence-electron chi connectivity index (χ4n) is 3.51. The van der Waals surface area contributed by atoms with Crippen LogP contribution in [-0.2, 0) is 19.9 Å². The molecule has 0 unspecified atom stereocenters. The fraction of sp³-hybridized carbons (Fsp3) is 0.500. The van der Waals surface area contributed by atoms with Gasteiger partial charge >= 0.3 is 0 Å². The van der Waals surface area contributed by atoms with Crippen molar-refractivity contribution in [1.29, 1.82) is 0 Å². The van der Waals surface area contributed by atoms with Gasteiger partial charge in [0.05, 0.1) is 0 Å². The van der Waals surface area contributed by atoms with E-state index >= 15 is 0 Å². The molecule has 0 aromatic carbocycles. The van der Waals surface area contributed by atoms with E-state index < -0.39 is 0 Å². The van der Waals surface area contributed by atoms with Crippen LogP contribution in [0.5, 0.6) is 0 Å². The lowest BCUT2D eigenvalue weighted by Gasteiger charge is -2.25. The van der Waals surface area contributed by atoms with Gasteiger partial charge in [-0.2, -0.15) is 0 Å². The predicted molar refractivity (Wildman–Crippen MR) is 92.2 cm³/mol. The van der Waals surface area contributed by atoms with Gasteiger partial charge in [0.2, 0.25) is 0 Å². The van der Waals surface area contributed by atoms with Gasteiger partial charge < -0.3 is 14.8 Å². The van der Waals surface area contributed by atoms with Crippen LogP contribution in [0.4, 0.5) is 5.82 Å². The van der Waals surface area contributed by atoms with Crippen LogP contribution in [0, 0.1) is 0 Å². The third kappa shape index (κ3) is 2.88. The Morgan fingerprint density at radius 3 is 3.00 bits per heavy atom. The number of aryl methyl sites for hydroxylation is 2. The molecule has 2 aliphatic rings. The van der Waals surface area contributed by atoms with Crippen LogP contribution < -0.4 is 10.2 Å². The Kier molecular flexibility index (Phi) is 3.96.